The maximum atomic E-state index is 13.4. The van der Waals surface area contributed by atoms with Gasteiger partial charge in [-0.2, -0.15) is 13.2 Å². The number of sulfonamides is 1. The van der Waals surface area contributed by atoms with Crippen molar-refractivity contribution in [2.24, 2.45) is 0 Å². The molecule has 0 atom stereocenters. The zero-order valence-electron chi connectivity index (χ0n) is 18.5. The zero-order chi connectivity index (χ0) is 25.6. The van der Waals surface area contributed by atoms with Gasteiger partial charge in [0.05, 0.1) is 27.7 Å². The first-order valence-electron chi connectivity index (χ1n) is 10.4. The number of nitrogens with zero attached hydrogens (tertiary/aromatic N) is 1. The molecule has 0 bridgehead atoms. The highest BCUT2D eigenvalue weighted by Gasteiger charge is 2.35. The molecule has 3 rings (SSSR count). The third-order valence-corrected chi connectivity index (χ3v) is 6.99. The molecule has 1 N–H and O–H groups in total. The average Bonchev–Trinajstić information content (AvgIpc) is 2.81. The van der Waals surface area contributed by atoms with Gasteiger partial charge in [0.15, 0.2) is 0 Å². The Balaban J connectivity index is 1.80. The molecular weight excluding hydrogens is 505 g/mol. The fourth-order valence-corrected chi connectivity index (χ4v) is 4.76. The summed E-state index contributed by atoms with van der Waals surface area (Å²) in [6, 6.07) is 17.0. The van der Waals surface area contributed by atoms with Crippen molar-refractivity contribution in [3.05, 3.63) is 88.9 Å². The van der Waals surface area contributed by atoms with Crippen LogP contribution in [0.2, 0.25) is 5.02 Å². The van der Waals surface area contributed by atoms with Crippen LogP contribution in [-0.2, 0) is 21.0 Å². The largest absolute Gasteiger partial charge is 0.492 e. The van der Waals surface area contributed by atoms with Crippen molar-refractivity contribution < 1.29 is 31.1 Å². The number of ether oxygens (including phenoxy) is 1. The van der Waals surface area contributed by atoms with E-state index in [1.807, 2.05) is 19.1 Å². The molecule has 0 radical (unpaired) electrons. The van der Waals surface area contributed by atoms with Gasteiger partial charge in [0, 0.05) is 0 Å². The number of halogens is 4. The first-order valence-corrected chi connectivity index (χ1v) is 12.2. The summed E-state index contributed by atoms with van der Waals surface area (Å²) in [6.07, 6.45) is -4.81. The van der Waals surface area contributed by atoms with Crippen LogP contribution >= 0.6 is 11.6 Å². The molecule has 3 aromatic carbocycles. The standard InChI is InChI=1S/C24H22ClF3N2O4S/c1-17-7-10-19(11-8-17)34-14-13-29-23(31)16-30(35(32,33)20-5-3-2-4-6-20)18-9-12-22(25)21(15-18)24(26,27)28/h2-12,15H,13-14,16H2,1H3,(H,29,31). The number of hydrogen-bond acceptors (Lipinski definition) is 4. The molecule has 11 heteroatoms. The molecule has 1 amide bonds. The third kappa shape index (κ3) is 6.89. The molecule has 186 valence electrons. The van der Waals surface area contributed by atoms with E-state index in [4.69, 9.17) is 16.3 Å². The number of rotatable bonds is 9. The third-order valence-electron chi connectivity index (χ3n) is 4.88. The van der Waals surface area contributed by atoms with Gasteiger partial charge in [-0.05, 0) is 49.4 Å². The van der Waals surface area contributed by atoms with Gasteiger partial charge in [-0.3, -0.25) is 9.10 Å². The number of aryl methyl sites for hydroxylation is 1. The Kier molecular flexibility index (Phi) is 8.29. The molecular formula is C24H22ClF3N2O4S. The fraction of sp³-hybridized carbons (Fsp3) is 0.208. The molecule has 0 saturated heterocycles. The maximum absolute atomic E-state index is 13.4. The predicted octanol–water partition coefficient (Wildman–Crippen LogP) is 5.06. The second-order valence-electron chi connectivity index (χ2n) is 7.50. The average molecular weight is 527 g/mol. The molecule has 6 nitrogen and oxygen atoms in total. The fourth-order valence-electron chi connectivity index (χ4n) is 3.10. The Bertz CT molecular complexity index is 1270. The second-order valence-corrected chi connectivity index (χ2v) is 9.77. The quantitative estimate of drug-likeness (QED) is 0.396. The van der Waals surface area contributed by atoms with Gasteiger partial charge in [-0.15, -0.1) is 0 Å². The first kappa shape index (κ1) is 26.4. The van der Waals surface area contributed by atoms with Crippen molar-refractivity contribution in [2.45, 2.75) is 18.0 Å². The van der Waals surface area contributed by atoms with Crippen molar-refractivity contribution in [3.63, 3.8) is 0 Å². The lowest BCUT2D eigenvalue weighted by Crippen LogP contribution is -2.42. The number of alkyl halides is 3. The minimum atomic E-state index is -4.81. The van der Waals surface area contributed by atoms with Gasteiger partial charge < -0.3 is 10.1 Å². The minimum Gasteiger partial charge on any atom is -0.492 e. The Morgan fingerprint density at radius 1 is 1.03 bits per heavy atom. The summed E-state index contributed by atoms with van der Waals surface area (Å²) in [6.45, 7) is 1.35. The summed E-state index contributed by atoms with van der Waals surface area (Å²) < 4.78 is 72.8. The number of hydrogen-bond donors (Lipinski definition) is 1. The van der Waals surface area contributed by atoms with Crippen molar-refractivity contribution in [3.8, 4) is 5.75 Å². The molecule has 3 aromatic rings. The SMILES string of the molecule is Cc1ccc(OCCNC(=O)CN(c2ccc(Cl)c(C(F)(F)F)c2)S(=O)(=O)c2ccccc2)cc1. The summed E-state index contributed by atoms with van der Waals surface area (Å²) in [5, 5.41) is 1.94. The summed E-state index contributed by atoms with van der Waals surface area (Å²) in [5.74, 6) is -0.125. The van der Waals surface area contributed by atoms with Crippen LogP contribution in [-0.4, -0.2) is 34.0 Å². The summed E-state index contributed by atoms with van der Waals surface area (Å²) >= 11 is 5.69. The van der Waals surface area contributed by atoms with Crippen molar-refractivity contribution in [1.29, 1.82) is 0 Å². The van der Waals surface area contributed by atoms with Crippen LogP contribution in [0.25, 0.3) is 0 Å². The van der Waals surface area contributed by atoms with Crippen LogP contribution in [0.5, 0.6) is 5.75 Å². The molecule has 0 unspecified atom stereocenters. The number of anilines is 1. The molecule has 0 aliphatic rings. The number of carbonyl (C=O) groups is 1. The van der Waals surface area contributed by atoms with E-state index in [-0.39, 0.29) is 23.7 Å². The zero-order valence-corrected chi connectivity index (χ0v) is 20.1. The van der Waals surface area contributed by atoms with Gasteiger partial charge >= 0.3 is 6.18 Å². The van der Waals surface area contributed by atoms with E-state index in [1.165, 1.54) is 24.3 Å². The number of nitrogens with one attached hydrogen (secondary N) is 1. The number of benzene rings is 3. The molecule has 0 spiro atoms. The molecule has 0 aromatic heterocycles. The van der Waals surface area contributed by atoms with Gasteiger partial charge in [-0.1, -0.05) is 47.5 Å². The van der Waals surface area contributed by atoms with Crippen LogP contribution in [0, 0.1) is 6.92 Å². The lowest BCUT2D eigenvalue weighted by molar-refractivity contribution is -0.137. The monoisotopic (exact) mass is 526 g/mol. The van der Waals surface area contributed by atoms with E-state index in [0.717, 1.165) is 17.7 Å². The lowest BCUT2D eigenvalue weighted by atomic mass is 10.2. The molecule has 0 saturated carbocycles. The molecule has 0 aliphatic carbocycles. The van der Waals surface area contributed by atoms with E-state index < -0.39 is 39.2 Å². The van der Waals surface area contributed by atoms with Crippen molar-refractivity contribution in [2.75, 3.05) is 24.0 Å². The van der Waals surface area contributed by atoms with Crippen molar-refractivity contribution >= 4 is 33.2 Å². The summed E-state index contributed by atoms with van der Waals surface area (Å²) in [4.78, 5) is 12.4. The second kappa shape index (κ2) is 11.0. The van der Waals surface area contributed by atoms with E-state index in [2.05, 4.69) is 5.32 Å². The van der Waals surface area contributed by atoms with Crippen LogP contribution in [0.15, 0.2) is 77.7 Å². The molecule has 0 fully saturated rings. The van der Waals surface area contributed by atoms with Crippen LogP contribution in [0.3, 0.4) is 0 Å². The highest BCUT2D eigenvalue weighted by Crippen LogP contribution is 2.38. The van der Waals surface area contributed by atoms with Crippen LogP contribution in [0.4, 0.5) is 18.9 Å². The van der Waals surface area contributed by atoms with Gasteiger partial charge in [0.2, 0.25) is 5.91 Å². The lowest BCUT2D eigenvalue weighted by Gasteiger charge is -2.25. The Morgan fingerprint density at radius 3 is 2.31 bits per heavy atom. The first-order chi connectivity index (χ1) is 16.5. The van der Waals surface area contributed by atoms with Crippen molar-refractivity contribution in [1.82, 2.24) is 5.32 Å². The Morgan fingerprint density at radius 2 is 1.69 bits per heavy atom. The smallest absolute Gasteiger partial charge is 0.417 e. The van der Waals surface area contributed by atoms with E-state index >= 15 is 0 Å². The Hall–Kier alpha value is -3.24. The minimum absolute atomic E-state index is 0.0559. The van der Waals surface area contributed by atoms with Crippen LogP contribution in [0.1, 0.15) is 11.1 Å². The normalized spacial score (nSPS) is 11.7. The van der Waals surface area contributed by atoms with Crippen LogP contribution < -0.4 is 14.4 Å². The topological polar surface area (TPSA) is 75.7 Å². The van der Waals surface area contributed by atoms with Gasteiger partial charge in [0.25, 0.3) is 10.0 Å². The molecule has 0 aliphatic heterocycles. The molecule has 35 heavy (non-hydrogen) atoms. The maximum Gasteiger partial charge on any atom is 0.417 e. The van der Waals surface area contributed by atoms with Gasteiger partial charge in [0.1, 0.15) is 18.9 Å². The number of amides is 1. The highest BCUT2D eigenvalue weighted by molar-refractivity contribution is 7.92. The van der Waals surface area contributed by atoms with E-state index in [9.17, 15) is 26.4 Å². The number of carbonyl (C=O) groups excluding carboxylic acids is 1. The van der Waals surface area contributed by atoms with E-state index in [0.29, 0.717) is 16.1 Å². The van der Waals surface area contributed by atoms with Gasteiger partial charge in [-0.25, -0.2) is 8.42 Å². The molecule has 0 heterocycles. The predicted molar refractivity (Wildman–Crippen MR) is 127 cm³/mol. The highest BCUT2D eigenvalue weighted by atomic mass is 35.5. The summed E-state index contributed by atoms with van der Waals surface area (Å²) in [5.41, 5.74) is -0.505. The van der Waals surface area contributed by atoms with E-state index in [1.54, 1.807) is 18.2 Å². The Labute approximate surface area is 206 Å². The summed E-state index contributed by atoms with van der Waals surface area (Å²) in [7, 11) is -4.37.